The molecule has 0 unspecified atom stereocenters. The Bertz CT molecular complexity index is 452. The summed E-state index contributed by atoms with van der Waals surface area (Å²) in [5, 5.41) is 6.07. The lowest BCUT2D eigenvalue weighted by Crippen LogP contribution is -2.40. The quantitative estimate of drug-likeness (QED) is 0.845. The van der Waals surface area contributed by atoms with E-state index < -0.39 is 0 Å². The number of hydrogen-bond acceptors (Lipinski definition) is 5. The number of nitrogens with one attached hydrogen (secondary N) is 2. The van der Waals surface area contributed by atoms with Crippen LogP contribution in [-0.4, -0.2) is 42.1 Å². The van der Waals surface area contributed by atoms with Crippen molar-refractivity contribution in [1.82, 2.24) is 20.6 Å². The van der Waals surface area contributed by atoms with E-state index in [0.717, 1.165) is 44.0 Å². The lowest BCUT2D eigenvalue weighted by atomic mass is 9.96. The maximum atomic E-state index is 11.6. The van der Waals surface area contributed by atoms with Gasteiger partial charge in [-0.3, -0.25) is 4.79 Å². The van der Waals surface area contributed by atoms with Crippen LogP contribution in [0.4, 0.5) is 5.95 Å². The standard InChI is InChI=1S/C15H25N5O/c1-11(2)17-8-12-9-18-15(19-10-12)20-6-4-13(5-7-20)14(21)16-3/h9-11,13,17H,4-8H2,1-3H3,(H,16,21). The predicted molar refractivity (Wildman–Crippen MR) is 83.0 cm³/mol. The second-order valence-corrected chi connectivity index (χ2v) is 5.80. The number of anilines is 1. The highest BCUT2D eigenvalue weighted by Gasteiger charge is 2.25. The van der Waals surface area contributed by atoms with Crippen molar-refractivity contribution < 1.29 is 4.79 Å². The highest BCUT2D eigenvalue weighted by molar-refractivity contribution is 5.78. The first-order chi connectivity index (χ1) is 10.1. The number of aromatic nitrogens is 2. The smallest absolute Gasteiger partial charge is 0.225 e. The fourth-order valence-corrected chi connectivity index (χ4v) is 2.47. The van der Waals surface area contributed by atoms with Gasteiger partial charge in [-0.1, -0.05) is 13.8 Å². The van der Waals surface area contributed by atoms with Crippen molar-refractivity contribution >= 4 is 11.9 Å². The Labute approximate surface area is 126 Å². The SMILES string of the molecule is CNC(=O)C1CCN(c2ncc(CNC(C)C)cn2)CC1. The Morgan fingerprint density at radius 2 is 1.95 bits per heavy atom. The molecule has 1 aromatic rings. The average molecular weight is 291 g/mol. The minimum absolute atomic E-state index is 0.126. The van der Waals surface area contributed by atoms with Crippen molar-refractivity contribution in [2.45, 2.75) is 39.3 Å². The van der Waals surface area contributed by atoms with Crippen molar-refractivity contribution in [3.8, 4) is 0 Å². The summed E-state index contributed by atoms with van der Waals surface area (Å²) in [6.45, 7) is 6.69. The van der Waals surface area contributed by atoms with Crippen LogP contribution in [0.1, 0.15) is 32.3 Å². The molecule has 2 rings (SSSR count). The van der Waals surface area contributed by atoms with E-state index in [-0.39, 0.29) is 11.8 Å². The molecule has 6 nitrogen and oxygen atoms in total. The molecule has 0 bridgehead atoms. The zero-order valence-corrected chi connectivity index (χ0v) is 13.1. The van der Waals surface area contributed by atoms with E-state index in [4.69, 9.17) is 0 Å². The number of hydrogen-bond donors (Lipinski definition) is 2. The number of rotatable bonds is 5. The van der Waals surface area contributed by atoms with Crippen LogP contribution in [0, 0.1) is 5.92 Å². The van der Waals surface area contributed by atoms with E-state index in [1.165, 1.54) is 0 Å². The molecule has 21 heavy (non-hydrogen) atoms. The summed E-state index contributed by atoms with van der Waals surface area (Å²) in [5.74, 6) is 1.03. The van der Waals surface area contributed by atoms with Gasteiger partial charge in [0.1, 0.15) is 0 Å². The maximum absolute atomic E-state index is 11.6. The second-order valence-electron chi connectivity index (χ2n) is 5.80. The van der Waals surface area contributed by atoms with E-state index in [1.807, 2.05) is 12.4 Å². The van der Waals surface area contributed by atoms with E-state index in [2.05, 4.69) is 39.3 Å². The van der Waals surface area contributed by atoms with Crippen LogP contribution in [0.15, 0.2) is 12.4 Å². The van der Waals surface area contributed by atoms with Crippen molar-refractivity contribution in [2.24, 2.45) is 5.92 Å². The number of carbonyl (C=O) groups excluding carboxylic acids is 1. The topological polar surface area (TPSA) is 70.2 Å². The lowest BCUT2D eigenvalue weighted by Gasteiger charge is -2.31. The van der Waals surface area contributed by atoms with Gasteiger partial charge in [0.15, 0.2) is 0 Å². The van der Waals surface area contributed by atoms with Gasteiger partial charge in [-0.25, -0.2) is 9.97 Å². The molecule has 1 aliphatic heterocycles. The average Bonchev–Trinajstić information content (AvgIpc) is 2.53. The zero-order chi connectivity index (χ0) is 15.2. The molecule has 1 aromatic heterocycles. The Morgan fingerprint density at radius 1 is 1.33 bits per heavy atom. The molecule has 1 saturated heterocycles. The number of amides is 1. The van der Waals surface area contributed by atoms with Crippen LogP contribution >= 0.6 is 0 Å². The first-order valence-electron chi connectivity index (χ1n) is 7.61. The normalized spacial score (nSPS) is 16.3. The minimum Gasteiger partial charge on any atom is -0.359 e. The van der Waals surface area contributed by atoms with Crippen LogP contribution in [0.25, 0.3) is 0 Å². The summed E-state index contributed by atoms with van der Waals surface area (Å²) in [5.41, 5.74) is 1.09. The molecule has 116 valence electrons. The summed E-state index contributed by atoms with van der Waals surface area (Å²) in [7, 11) is 1.70. The third kappa shape index (κ3) is 4.39. The van der Waals surface area contributed by atoms with Crippen LogP contribution in [-0.2, 0) is 11.3 Å². The summed E-state index contributed by atoms with van der Waals surface area (Å²) < 4.78 is 0. The van der Waals surface area contributed by atoms with E-state index >= 15 is 0 Å². The Balaban J connectivity index is 1.87. The fourth-order valence-electron chi connectivity index (χ4n) is 2.47. The second kappa shape index (κ2) is 7.36. The van der Waals surface area contributed by atoms with Gasteiger partial charge in [0.25, 0.3) is 0 Å². The summed E-state index contributed by atoms with van der Waals surface area (Å²) in [4.78, 5) is 22.7. The maximum Gasteiger partial charge on any atom is 0.225 e. The molecule has 2 N–H and O–H groups in total. The van der Waals surface area contributed by atoms with Crippen molar-refractivity contribution in [3.05, 3.63) is 18.0 Å². The molecule has 0 saturated carbocycles. The molecular weight excluding hydrogens is 266 g/mol. The van der Waals surface area contributed by atoms with Crippen LogP contribution in [0.2, 0.25) is 0 Å². The van der Waals surface area contributed by atoms with Gasteiger partial charge in [0, 0.05) is 56.6 Å². The van der Waals surface area contributed by atoms with Crippen LogP contribution in [0.5, 0.6) is 0 Å². The third-order valence-corrected chi connectivity index (χ3v) is 3.80. The first-order valence-corrected chi connectivity index (χ1v) is 7.61. The van der Waals surface area contributed by atoms with Crippen molar-refractivity contribution in [2.75, 3.05) is 25.0 Å². The Hall–Kier alpha value is -1.69. The summed E-state index contributed by atoms with van der Waals surface area (Å²) in [6, 6.07) is 0.452. The lowest BCUT2D eigenvalue weighted by molar-refractivity contribution is -0.125. The molecule has 6 heteroatoms. The fraction of sp³-hybridized carbons (Fsp3) is 0.667. The van der Waals surface area contributed by atoms with Gasteiger partial charge in [0.2, 0.25) is 11.9 Å². The molecule has 0 aliphatic carbocycles. The van der Waals surface area contributed by atoms with Gasteiger partial charge < -0.3 is 15.5 Å². The molecule has 0 spiro atoms. The Kier molecular flexibility index (Phi) is 5.50. The van der Waals surface area contributed by atoms with Gasteiger partial charge in [-0.15, -0.1) is 0 Å². The Morgan fingerprint density at radius 3 is 2.48 bits per heavy atom. The summed E-state index contributed by atoms with van der Waals surface area (Å²) >= 11 is 0. The molecule has 2 heterocycles. The highest BCUT2D eigenvalue weighted by atomic mass is 16.1. The van der Waals surface area contributed by atoms with E-state index in [9.17, 15) is 4.79 Å². The van der Waals surface area contributed by atoms with Gasteiger partial charge in [-0.05, 0) is 12.8 Å². The van der Waals surface area contributed by atoms with Crippen LogP contribution in [0.3, 0.4) is 0 Å². The number of piperidine rings is 1. The molecule has 0 atom stereocenters. The van der Waals surface area contributed by atoms with E-state index in [1.54, 1.807) is 7.05 Å². The van der Waals surface area contributed by atoms with Crippen LogP contribution < -0.4 is 15.5 Å². The largest absolute Gasteiger partial charge is 0.359 e. The molecule has 1 amide bonds. The minimum atomic E-state index is 0.126. The third-order valence-electron chi connectivity index (χ3n) is 3.80. The molecule has 0 radical (unpaired) electrons. The molecule has 1 aliphatic rings. The zero-order valence-electron chi connectivity index (χ0n) is 13.1. The van der Waals surface area contributed by atoms with Gasteiger partial charge in [0.05, 0.1) is 0 Å². The predicted octanol–water partition coefficient (Wildman–Crippen LogP) is 0.937. The monoisotopic (exact) mass is 291 g/mol. The molecular formula is C15H25N5O. The summed E-state index contributed by atoms with van der Waals surface area (Å²) in [6.07, 6.45) is 5.48. The van der Waals surface area contributed by atoms with Gasteiger partial charge in [-0.2, -0.15) is 0 Å². The molecule has 1 fully saturated rings. The number of nitrogens with zero attached hydrogens (tertiary/aromatic N) is 3. The van der Waals surface area contributed by atoms with Gasteiger partial charge >= 0.3 is 0 Å². The van der Waals surface area contributed by atoms with Crippen molar-refractivity contribution in [1.29, 1.82) is 0 Å². The molecule has 0 aromatic carbocycles. The highest BCUT2D eigenvalue weighted by Crippen LogP contribution is 2.20. The number of carbonyl (C=O) groups is 1. The van der Waals surface area contributed by atoms with E-state index in [0.29, 0.717) is 6.04 Å². The van der Waals surface area contributed by atoms with Crippen molar-refractivity contribution in [3.63, 3.8) is 0 Å². The first kappa shape index (κ1) is 15.7.